The molecule has 128 valence electrons. The van der Waals surface area contributed by atoms with Crippen molar-refractivity contribution in [2.45, 2.75) is 44.6 Å². The standard InChI is InChI=1S/C18H22N2O4/c21-16(20-11-3-7-15(20)18(23)24)8-4-12-19-14-6-2-1-5-13(14)9-10-17(19)22/h1-2,5-6,15H,3-4,7-12H2,(H,23,24)/t15-/m0/s1. The Hall–Kier alpha value is -2.37. The lowest BCUT2D eigenvalue weighted by Crippen LogP contribution is -2.41. The maximum absolute atomic E-state index is 12.3. The first-order valence-corrected chi connectivity index (χ1v) is 8.48. The number of aryl methyl sites for hydroxylation is 1. The Bertz CT molecular complexity index is 658. The van der Waals surface area contributed by atoms with Crippen LogP contribution in [0.2, 0.25) is 0 Å². The number of hydrogen-bond acceptors (Lipinski definition) is 3. The zero-order valence-electron chi connectivity index (χ0n) is 13.6. The Morgan fingerprint density at radius 3 is 2.79 bits per heavy atom. The summed E-state index contributed by atoms with van der Waals surface area (Å²) in [6, 6.07) is 7.17. The first-order chi connectivity index (χ1) is 11.6. The number of fused-ring (bicyclic) bond motifs is 1. The van der Waals surface area contributed by atoms with Crippen molar-refractivity contribution in [3.05, 3.63) is 29.8 Å². The van der Waals surface area contributed by atoms with Crippen LogP contribution in [0.15, 0.2) is 24.3 Å². The SMILES string of the molecule is O=C(O)[C@@H]1CCCN1C(=O)CCCN1C(=O)CCc2ccccc21. The molecule has 0 saturated carbocycles. The maximum atomic E-state index is 12.3. The topological polar surface area (TPSA) is 77.9 Å². The van der Waals surface area contributed by atoms with E-state index in [9.17, 15) is 14.4 Å². The maximum Gasteiger partial charge on any atom is 0.326 e. The van der Waals surface area contributed by atoms with E-state index in [1.54, 1.807) is 4.90 Å². The van der Waals surface area contributed by atoms with Crippen molar-refractivity contribution in [1.82, 2.24) is 4.90 Å². The molecule has 3 rings (SSSR count). The smallest absolute Gasteiger partial charge is 0.326 e. The highest BCUT2D eigenvalue weighted by Gasteiger charge is 2.33. The first kappa shape index (κ1) is 16.5. The van der Waals surface area contributed by atoms with Crippen molar-refractivity contribution < 1.29 is 19.5 Å². The second-order valence-corrected chi connectivity index (χ2v) is 6.36. The summed E-state index contributed by atoms with van der Waals surface area (Å²) in [4.78, 5) is 38.9. The van der Waals surface area contributed by atoms with Gasteiger partial charge in [-0.1, -0.05) is 18.2 Å². The molecular weight excluding hydrogens is 308 g/mol. The van der Waals surface area contributed by atoms with Crippen LogP contribution in [0.4, 0.5) is 5.69 Å². The van der Waals surface area contributed by atoms with Gasteiger partial charge in [-0.05, 0) is 37.3 Å². The molecule has 2 aliphatic heterocycles. The lowest BCUT2D eigenvalue weighted by molar-refractivity contribution is -0.148. The number of carbonyl (C=O) groups is 3. The summed E-state index contributed by atoms with van der Waals surface area (Å²) in [5.41, 5.74) is 2.10. The van der Waals surface area contributed by atoms with E-state index in [0.29, 0.717) is 32.4 Å². The quantitative estimate of drug-likeness (QED) is 0.893. The average molecular weight is 330 g/mol. The van der Waals surface area contributed by atoms with E-state index in [2.05, 4.69) is 0 Å². The van der Waals surface area contributed by atoms with Gasteiger partial charge in [0.2, 0.25) is 11.8 Å². The minimum absolute atomic E-state index is 0.0886. The minimum atomic E-state index is -0.930. The molecule has 1 atom stereocenters. The van der Waals surface area contributed by atoms with E-state index >= 15 is 0 Å². The van der Waals surface area contributed by atoms with Crippen LogP contribution >= 0.6 is 0 Å². The molecule has 6 nitrogen and oxygen atoms in total. The van der Waals surface area contributed by atoms with Gasteiger partial charge >= 0.3 is 5.97 Å². The van der Waals surface area contributed by atoms with Gasteiger partial charge in [0.1, 0.15) is 6.04 Å². The van der Waals surface area contributed by atoms with Crippen LogP contribution in [-0.4, -0.2) is 46.9 Å². The Morgan fingerprint density at radius 2 is 2.00 bits per heavy atom. The van der Waals surface area contributed by atoms with Crippen LogP contribution in [0.5, 0.6) is 0 Å². The highest BCUT2D eigenvalue weighted by atomic mass is 16.4. The van der Waals surface area contributed by atoms with Gasteiger partial charge in [0.25, 0.3) is 0 Å². The number of carboxylic acid groups (broad SMARTS) is 1. The fourth-order valence-electron chi connectivity index (χ4n) is 3.60. The first-order valence-electron chi connectivity index (χ1n) is 8.48. The van der Waals surface area contributed by atoms with Crippen LogP contribution in [0.1, 0.15) is 37.7 Å². The van der Waals surface area contributed by atoms with E-state index < -0.39 is 12.0 Å². The summed E-state index contributed by atoms with van der Waals surface area (Å²) in [5.74, 6) is -0.968. The Morgan fingerprint density at radius 1 is 1.21 bits per heavy atom. The molecule has 1 fully saturated rings. The van der Waals surface area contributed by atoms with Gasteiger partial charge in [-0.2, -0.15) is 0 Å². The highest BCUT2D eigenvalue weighted by molar-refractivity contribution is 5.96. The normalized spacial score (nSPS) is 20.2. The Balaban J connectivity index is 1.57. The predicted octanol–water partition coefficient (Wildman–Crippen LogP) is 1.82. The third-order valence-corrected chi connectivity index (χ3v) is 4.82. The molecule has 1 saturated heterocycles. The number of amides is 2. The molecule has 1 N–H and O–H groups in total. The molecule has 0 unspecified atom stereocenters. The molecular formula is C18H22N2O4. The Kier molecular flexibility index (Phi) is 4.83. The molecule has 0 aromatic heterocycles. The van der Waals surface area contributed by atoms with Crippen LogP contribution in [0, 0.1) is 0 Å². The number of hydrogen-bond donors (Lipinski definition) is 1. The molecule has 2 heterocycles. The summed E-state index contributed by atoms with van der Waals surface area (Å²) >= 11 is 0. The zero-order chi connectivity index (χ0) is 17.1. The lowest BCUT2D eigenvalue weighted by Gasteiger charge is -2.29. The number of aliphatic carboxylic acids is 1. The summed E-state index contributed by atoms with van der Waals surface area (Å²) in [6.45, 7) is 1.01. The monoisotopic (exact) mass is 330 g/mol. The Labute approximate surface area is 141 Å². The highest BCUT2D eigenvalue weighted by Crippen LogP contribution is 2.28. The third-order valence-electron chi connectivity index (χ3n) is 4.82. The van der Waals surface area contributed by atoms with E-state index in [4.69, 9.17) is 5.11 Å². The summed E-state index contributed by atoms with van der Waals surface area (Å²) in [5, 5.41) is 9.16. The number of nitrogens with zero attached hydrogens (tertiary/aromatic N) is 2. The van der Waals surface area contributed by atoms with E-state index in [1.807, 2.05) is 24.3 Å². The van der Waals surface area contributed by atoms with E-state index in [0.717, 1.165) is 24.1 Å². The number of para-hydroxylation sites is 1. The second-order valence-electron chi connectivity index (χ2n) is 6.36. The van der Waals surface area contributed by atoms with Crippen LogP contribution in [0.3, 0.4) is 0 Å². The van der Waals surface area contributed by atoms with Gasteiger partial charge in [0, 0.05) is 31.6 Å². The third kappa shape index (κ3) is 3.27. The zero-order valence-corrected chi connectivity index (χ0v) is 13.6. The predicted molar refractivity (Wildman–Crippen MR) is 88.7 cm³/mol. The van der Waals surface area contributed by atoms with Crippen LogP contribution < -0.4 is 4.90 Å². The summed E-state index contributed by atoms with van der Waals surface area (Å²) in [7, 11) is 0. The molecule has 2 aliphatic rings. The number of likely N-dealkylation sites (tertiary alicyclic amines) is 1. The van der Waals surface area contributed by atoms with Crippen molar-refractivity contribution in [1.29, 1.82) is 0 Å². The van der Waals surface area contributed by atoms with Gasteiger partial charge in [-0.3, -0.25) is 9.59 Å². The van der Waals surface area contributed by atoms with Crippen molar-refractivity contribution in [2.75, 3.05) is 18.0 Å². The average Bonchev–Trinajstić information content (AvgIpc) is 3.07. The van der Waals surface area contributed by atoms with Crippen molar-refractivity contribution >= 4 is 23.5 Å². The lowest BCUT2D eigenvalue weighted by atomic mass is 10.0. The molecule has 6 heteroatoms. The number of anilines is 1. The van der Waals surface area contributed by atoms with Crippen LogP contribution in [0.25, 0.3) is 0 Å². The number of benzene rings is 1. The largest absolute Gasteiger partial charge is 0.480 e. The van der Waals surface area contributed by atoms with E-state index in [-0.39, 0.29) is 18.2 Å². The summed E-state index contributed by atoms with van der Waals surface area (Å²) < 4.78 is 0. The molecule has 1 aromatic carbocycles. The van der Waals surface area contributed by atoms with Crippen molar-refractivity contribution in [3.8, 4) is 0 Å². The minimum Gasteiger partial charge on any atom is -0.480 e. The molecule has 1 aromatic rings. The molecule has 0 spiro atoms. The number of rotatable bonds is 5. The molecule has 0 bridgehead atoms. The fourth-order valence-corrected chi connectivity index (χ4v) is 3.60. The molecule has 0 radical (unpaired) electrons. The molecule has 24 heavy (non-hydrogen) atoms. The number of carboxylic acids is 1. The van der Waals surface area contributed by atoms with Gasteiger partial charge in [-0.25, -0.2) is 4.79 Å². The molecule has 0 aliphatic carbocycles. The fraction of sp³-hybridized carbons (Fsp3) is 0.500. The molecule has 2 amide bonds. The van der Waals surface area contributed by atoms with Gasteiger partial charge in [0.15, 0.2) is 0 Å². The number of carbonyl (C=O) groups excluding carboxylic acids is 2. The van der Waals surface area contributed by atoms with Gasteiger partial charge in [0.05, 0.1) is 0 Å². The van der Waals surface area contributed by atoms with Gasteiger partial charge < -0.3 is 14.9 Å². The van der Waals surface area contributed by atoms with Gasteiger partial charge in [-0.15, -0.1) is 0 Å². The van der Waals surface area contributed by atoms with Crippen molar-refractivity contribution in [2.24, 2.45) is 0 Å². The van der Waals surface area contributed by atoms with Crippen molar-refractivity contribution in [3.63, 3.8) is 0 Å². The van der Waals surface area contributed by atoms with E-state index in [1.165, 1.54) is 4.90 Å². The summed E-state index contributed by atoms with van der Waals surface area (Å²) in [6.07, 6.45) is 3.34. The second kappa shape index (κ2) is 7.03. The van der Waals surface area contributed by atoms with Crippen LogP contribution in [-0.2, 0) is 20.8 Å².